The minimum absolute atomic E-state index is 0.00173. The summed E-state index contributed by atoms with van der Waals surface area (Å²) >= 11 is 6.31. The molecule has 2 atom stereocenters. The Kier molecular flexibility index (Phi) is 4.70. The number of hydrogen-bond acceptors (Lipinski definition) is 4. The van der Waals surface area contributed by atoms with Crippen molar-refractivity contribution in [1.82, 2.24) is 9.78 Å². The van der Waals surface area contributed by atoms with Crippen molar-refractivity contribution in [2.75, 3.05) is 11.4 Å². The molecule has 1 fully saturated rings. The monoisotopic (exact) mass is 298 g/mol. The van der Waals surface area contributed by atoms with Gasteiger partial charge in [0, 0.05) is 18.6 Å². The van der Waals surface area contributed by atoms with Crippen molar-refractivity contribution in [2.24, 2.45) is 5.73 Å². The van der Waals surface area contributed by atoms with Crippen molar-refractivity contribution in [3.8, 4) is 0 Å². The van der Waals surface area contributed by atoms with Crippen molar-refractivity contribution in [3.63, 3.8) is 0 Å². The average Bonchev–Trinajstić information content (AvgIpc) is 2.41. The van der Waals surface area contributed by atoms with Gasteiger partial charge in [-0.2, -0.15) is 5.10 Å². The molecule has 2 N–H and O–H groups in total. The Morgan fingerprint density at radius 2 is 2.20 bits per heavy atom. The van der Waals surface area contributed by atoms with Crippen LogP contribution >= 0.6 is 11.6 Å². The number of hydrogen-bond donors (Lipinski definition) is 1. The Bertz CT molecular complexity index is 528. The fourth-order valence-corrected chi connectivity index (χ4v) is 3.17. The molecule has 1 aromatic heterocycles. The number of anilines is 1. The summed E-state index contributed by atoms with van der Waals surface area (Å²) in [6.07, 6.45) is 4.98. The lowest BCUT2D eigenvalue weighted by atomic mass is 9.96. The van der Waals surface area contributed by atoms with Gasteiger partial charge >= 0.3 is 0 Å². The molecular weight excluding hydrogens is 276 g/mol. The third kappa shape index (κ3) is 2.69. The average molecular weight is 299 g/mol. The lowest BCUT2D eigenvalue weighted by Crippen LogP contribution is -2.49. The highest BCUT2D eigenvalue weighted by Crippen LogP contribution is 2.31. The molecule has 0 amide bonds. The lowest BCUT2D eigenvalue weighted by molar-refractivity contribution is 0.398. The summed E-state index contributed by atoms with van der Waals surface area (Å²) in [5.74, 6) is 0. The zero-order valence-electron chi connectivity index (χ0n) is 12.3. The van der Waals surface area contributed by atoms with Crippen LogP contribution in [0.5, 0.6) is 0 Å². The predicted octanol–water partition coefficient (Wildman–Crippen LogP) is 2.18. The Morgan fingerprint density at radius 3 is 2.80 bits per heavy atom. The Morgan fingerprint density at radius 1 is 1.50 bits per heavy atom. The second kappa shape index (κ2) is 6.14. The maximum atomic E-state index is 12.3. The van der Waals surface area contributed by atoms with Gasteiger partial charge < -0.3 is 10.6 Å². The van der Waals surface area contributed by atoms with Crippen molar-refractivity contribution >= 4 is 17.3 Å². The number of nitrogens with two attached hydrogens (primary N) is 1. The molecule has 2 heterocycles. The van der Waals surface area contributed by atoms with Gasteiger partial charge in [-0.15, -0.1) is 0 Å². The van der Waals surface area contributed by atoms with Crippen molar-refractivity contribution in [3.05, 3.63) is 21.6 Å². The standard InChI is InChI=1S/C14H23ClN4O/c1-9(2)19-14(20)13(15)12(8-17-19)18-10(3)5-4-6-11(18)7-16/h8-11H,4-7,16H2,1-3H3. The topological polar surface area (TPSA) is 64.2 Å². The molecule has 1 aliphatic heterocycles. The van der Waals surface area contributed by atoms with Crippen LogP contribution in [0.25, 0.3) is 0 Å². The summed E-state index contributed by atoms with van der Waals surface area (Å²) in [5, 5.41) is 4.51. The van der Waals surface area contributed by atoms with Gasteiger partial charge in [-0.05, 0) is 40.0 Å². The van der Waals surface area contributed by atoms with E-state index in [1.165, 1.54) is 4.68 Å². The van der Waals surface area contributed by atoms with Gasteiger partial charge in [0.2, 0.25) is 0 Å². The van der Waals surface area contributed by atoms with E-state index in [0.717, 1.165) is 24.9 Å². The van der Waals surface area contributed by atoms with Gasteiger partial charge in [0.1, 0.15) is 5.02 Å². The first kappa shape index (κ1) is 15.3. The summed E-state index contributed by atoms with van der Waals surface area (Å²) in [5.41, 5.74) is 6.36. The van der Waals surface area contributed by atoms with Crippen LogP contribution in [0, 0.1) is 0 Å². The highest BCUT2D eigenvalue weighted by atomic mass is 35.5. The summed E-state index contributed by atoms with van der Waals surface area (Å²) in [4.78, 5) is 14.5. The van der Waals surface area contributed by atoms with Crippen LogP contribution in [0.4, 0.5) is 5.69 Å². The van der Waals surface area contributed by atoms with E-state index in [2.05, 4.69) is 16.9 Å². The quantitative estimate of drug-likeness (QED) is 0.929. The first-order chi connectivity index (χ1) is 9.47. The normalized spacial score (nSPS) is 23.4. The Balaban J connectivity index is 2.46. The van der Waals surface area contributed by atoms with Crippen molar-refractivity contribution < 1.29 is 0 Å². The van der Waals surface area contributed by atoms with E-state index < -0.39 is 0 Å². The summed E-state index contributed by atoms with van der Waals surface area (Å²) in [6.45, 7) is 6.53. The largest absolute Gasteiger partial charge is 0.362 e. The van der Waals surface area contributed by atoms with Crippen LogP contribution in [0.3, 0.4) is 0 Å². The molecule has 112 valence electrons. The zero-order chi connectivity index (χ0) is 14.9. The van der Waals surface area contributed by atoms with Gasteiger partial charge in [-0.1, -0.05) is 11.6 Å². The number of piperidine rings is 1. The van der Waals surface area contributed by atoms with Crippen LogP contribution in [0.1, 0.15) is 46.1 Å². The van der Waals surface area contributed by atoms with Crippen LogP contribution in [-0.4, -0.2) is 28.4 Å². The van der Waals surface area contributed by atoms with E-state index in [0.29, 0.717) is 12.6 Å². The molecule has 0 spiro atoms. The molecular formula is C14H23ClN4O. The summed E-state index contributed by atoms with van der Waals surface area (Å²) in [6, 6.07) is 0.552. The molecule has 0 aromatic carbocycles. The third-order valence-corrected chi connectivity index (χ3v) is 4.35. The minimum Gasteiger partial charge on any atom is -0.362 e. The zero-order valence-corrected chi connectivity index (χ0v) is 13.1. The summed E-state index contributed by atoms with van der Waals surface area (Å²) < 4.78 is 1.41. The summed E-state index contributed by atoms with van der Waals surface area (Å²) in [7, 11) is 0. The first-order valence-corrected chi connectivity index (χ1v) is 7.60. The molecule has 0 radical (unpaired) electrons. The number of aromatic nitrogens is 2. The van der Waals surface area contributed by atoms with Crippen LogP contribution in [-0.2, 0) is 0 Å². The number of nitrogens with zero attached hydrogens (tertiary/aromatic N) is 3. The molecule has 2 unspecified atom stereocenters. The Labute approximate surface area is 124 Å². The van der Waals surface area contributed by atoms with E-state index in [1.54, 1.807) is 6.20 Å². The highest BCUT2D eigenvalue weighted by molar-refractivity contribution is 6.33. The van der Waals surface area contributed by atoms with Crippen molar-refractivity contribution in [2.45, 2.75) is 58.2 Å². The number of halogens is 1. The van der Waals surface area contributed by atoms with E-state index in [9.17, 15) is 4.79 Å². The molecule has 5 nitrogen and oxygen atoms in total. The van der Waals surface area contributed by atoms with E-state index in [-0.39, 0.29) is 22.7 Å². The molecule has 0 bridgehead atoms. The van der Waals surface area contributed by atoms with Crippen molar-refractivity contribution in [1.29, 1.82) is 0 Å². The van der Waals surface area contributed by atoms with Gasteiger partial charge in [-0.25, -0.2) is 4.68 Å². The van der Waals surface area contributed by atoms with Gasteiger partial charge in [0.25, 0.3) is 5.56 Å². The molecule has 1 saturated heterocycles. The molecule has 0 saturated carbocycles. The lowest BCUT2D eigenvalue weighted by Gasteiger charge is -2.42. The van der Waals surface area contributed by atoms with E-state index in [4.69, 9.17) is 17.3 Å². The van der Waals surface area contributed by atoms with Crippen LogP contribution in [0.15, 0.2) is 11.0 Å². The van der Waals surface area contributed by atoms with Crippen LogP contribution in [0.2, 0.25) is 5.02 Å². The number of rotatable bonds is 3. The minimum atomic E-state index is -0.229. The van der Waals surface area contributed by atoms with Gasteiger partial charge in [-0.3, -0.25) is 4.79 Å². The molecule has 2 rings (SSSR count). The molecule has 0 aliphatic carbocycles. The van der Waals surface area contributed by atoms with E-state index >= 15 is 0 Å². The second-order valence-corrected chi connectivity index (χ2v) is 6.14. The maximum absolute atomic E-state index is 12.3. The fourth-order valence-electron chi connectivity index (χ4n) is 2.94. The molecule has 1 aliphatic rings. The van der Waals surface area contributed by atoms with Gasteiger partial charge in [0.05, 0.1) is 17.9 Å². The molecule has 6 heteroatoms. The first-order valence-electron chi connectivity index (χ1n) is 7.23. The van der Waals surface area contributed by atoms with Gasteiger partial charge in [0.15, 0.2) is 0 Å². The third-order valence-electron chi connectivity index (χ3n) is 3.99. The maximum Gasteiger partial charge on any atom is 0.287 e. The highest BCUT2D eigenvalue weighted by Gasteiger charge is 2.29. The van der Waals surface area contributed by atoms with Crippen LogP contribution < -0.4 is 16.2 Å². The predicted molar refractivity (Wildman–Crippen MR) is 82.5 cm³/mol. The molecule has 1 aromatic rings. The SMILES string of the molecule is CC1CCCC(CN)N1c1cnn(C(C)C)c(=O)c1Cl. The van der Waals surface area contributed by atoms with E-state index in [1.807, 2.05) is 13.8 Å². The molecule has 20 heavy (non-hydrogen) atoms. The smallest absolute Gasteiger partial charge is 0.287 e. The Hall–Kier alpha value is -1.07. The second-order valence-electron chi connectivity index (χ2n) is 5.76. The fraction of sp³-hybridized carbons (Fsp3) is 0.714.